The Morgan fingerprint density at radius 1 is 1.00 bits per heavy atom. The Labute approximate surface area is 129 Å². The second kappa shape index (κ2) is 7.05. The zero-order chi connectivity index (χ0) is 16.1. The molecule has 0 aliphatic rings. The zero-order valence-corrected chi connectivity index (χ0v) is 13.1. The molecule has 22 heavy (non-hydrogen) atoms. The van der Waals surface area contributed by atoms with E-state index in [4.69, 9.17) is 9.52 Å². The summed E-state index contributed by atoms with van der Waals surface area (Å²) in [6.45, 7) is 5.70. The molecule has 0 bridgehead atoms. The van der Waals surface area contributed by atoms with Crippen LogP contribution < -0.4 is 5.43 Å². The minimum absolute atomic E-state index is 0.0445. The van der Waals surface area contributed by atoms with E-state index in [-0.39, 0.29) is 12.0 Å². The number of aliphatic hydroxyl groups is 1. The van der Waals surface area contributed by atoms with E-state index in [1.807, 2.05) is 62.4 Å². The molecule has 2 aromatic carbocycles. The van der Waals surface area contributed by atoms with E-state index in [1.54, 1.807) is 6.92 Å². The van der Waals surface area contributed by atoms with E-state index in [1.165, 1.54) is 0 Å². The normalized spacial score (nSPS) is 10.2. The smallest absolute Gasteiger partial charge is 0.201 e. The Balaban J connectivity index is 0.000000545. The van der Waals surface area contributed by atoms with Crippen molar-refractivity contribution in [3.8, 4) is 11.1 Å². The lowest BCUT2D eigenvalue weighted by molar-refractivity contribution is 0.318. The third-order valence-electron chi connectivity index (χ3n) is 3.37. The molecule has 0 amide bonds. The van der Waals surface area contributed by atoms with Crippen LogP contribution in [0.3, 0.4) is 0 Å². The summed E-state index contributed by atoms with van der Waals surface area (Å²) in [4.78, 5) is 12.7. The molecule has 1 aromatic heterocycles. The van der Waals surface area contributed by atoms with Gasteiger partial charge in [-0.3, -0.25) is 4.79 Å². The third-order valence-corrected chi connectivity index (χ3v) is 3.37. The van der Waals surface area contributed by atoms with Gasteiger partial charge in [0.15, 0.2) is 0 Å². The van der Waals surface area contributed by atoms with Crippen LogP contribution in [0.25, 0.3) is 22.1 Å². The highest BCUT2D eigenvalue weighted by molar-refractivity contribution is 5.85. The average Bonchev–Trinajstić information content (AvgIpc) is 2.49. The van der Waals surface area contributed by atoms with Crippen molar-refractivity contribution in [3.63, 3.8) is 0 Å². The first-order chi connectivity index (χ1) is 10.6. The standard InChI is InChI=1S/C17H14O2.C2H6O/c1-11-7-6-10-14-15(11)17(18)16(12(2)19-14)13-8-4-3-5-9-13;1-2-3/h3-10H,1-2H3;3H,2H2,1H3. The molecule has 3 heteroatoms. The van der Waals surface area contributed by atoms with Gasteiger partial charge in [-0.1, -0.05) is 42.5 Å². The van der Waals surface area contributed by atoms with Gasteiger partial charge < -0.3 is 9.52 Å². The molecule has 1 heterocycles. The monoisotopic (exact) mass is 296 g/mol. The van der Waals surface area contributed by atoms with Gasteiger partial charge >= 0.3 is 0 Å². The number of benzene rings is 2. The van der Waals surface area contributed by atoms with Crippen molar-refractivity contribution in [3.05, 3.63) is 70.1 Å². The predicted molar refractivity (Wildman–Crippen MR) is 90.2 cm³/mol. The first-order valence-corrected chi connectivity index (χ1v) is 7.29. The maximum Gasteiger partial charge on any atom is 0.201 e. The fourth-order valence-corrected chi connectivity index (χ4v) is 2.46. The summed E-state index contributed by atoms with van der Waals surface area (Å²) in [6, 6.07) is 15.3. The first-order valence-electron chi connectivity index (χ1n) is 7.29. The molecule has 0 fully saturated rings. The van der Waals surface area contributed by atoms with Crippen molar-refractivity contribution >= 4 is 11.0 Å². The third kappa shape index (κ3) is 3.10. The molecule has 0 aliphatic heterocycles. The Bertz CT molecular complexity index is 817. The number of aliphatic hydroxyl groups excluding tert-OH is 1. The molecule has 0 spiro atoms. The Morgan fingerprint density at radius 2 is 1.64 bits per heavy atom. The Kier molecular flexibility index (Phi) is 5.12. The quantitative estimate of drug-likeness (QED) is 0.736. The van der Waals surface area contributed by atoms with Crippen LogP contribution in [0.4, 0.5) is 0 Å². The predicted octanol–water partition coefficient (Wildman–Crippen LogP) is 4.08. The van der Waals surface area contributed by atoms with Gasteiger partial charge in [0.05, 0.1) is 10.9 Å². The van der Waals surface area contributed by atoms with Gasteiger partial charge in [0.2, 0.25) is 5.43 Å². The summed E-state index contributed by atoms with van der Waals surface area (Å²) in [5, 5.41) is 8.24. The number of hydrogen-bond acceptors (Lipinski definition) is 3. The van der Waals surface area contributed by atoms with E-state index in [0.29, 0.717) is 22.3 Å². The number of hydrogen-bond donors (Lipinski definition) is 1. The maximum atomic E-state index is 12.7. The largest absolute Gasteiger partial charge is 0.460 e. The van der Waals surface area contributed by atoms with Gasteiger partial charge in [-0.05, 0) is 38.0 Å². The van der Waals surface area contributed by atoms with Gasteiger partial charge in [-0.25, -0.2) is 0 Å². The van der Waals surface area contributed by atoms with Gasteiger partial charge in [0.25, 0.3) is 0 Å². The van der Waals surface area contributed by atoms with Crippen LogP contribution >= 0.6 is 0 Å². The summed E-state index contributed by atoms with van der Waals surface area (Å²) >= 11 is 0. The molecule has 3 aromatic rings. The van der Waals surface area contributed by atoms with Crippen LogP contribution in [0.5, 0.6) is 0 Å². The average molecular weight is 296 g/mol. The summed E-state index contributed by atoms with van der Waals surface area (Å²) < 4.78 is 5.81. The molecule has 0 aliphatic carbocycles. The fraction of sp³-hybridized carbons (Fsp3) is 0.211. The van der Waals surface area contributed by atoms with Crippen molar-refractivity contribution in [2.45, 2.75) is 20.8 Å². The van der Waals surface area contributed by atoms with Crippen molar-refractivity contribution in [2.75, 3.05) is 6.61 Å². The number of aryl methyl sites for hydroxylation is 2. The van der Waals surface area contributed by atoms with E-state index in [9.17, 15) is 4.79 Å². The van der Waals surface area contributed by atoms with E-state index >= 15 is 0 Å². The van der Waals surface area contributed by atoms with Crippen LogP contribution in [0.15, 0.2) is 57.7 Å². The highest BCUT2D eigenvalue weighted by Crippen LogP contribution is 2.24. The minimum atomic E-state index is 0.0445. The topological polar surface area (TPSA) is 50.4 Å². The highest BCUT2D eigenvalue weighted by atomic mass is 16.3. The summed E-state index contributed by atoms with van der Waals surface area (Å²) in [7, 11) is 0. The van der Waals surface area contributed by atoms with Crippen LogP contribution in [0.1, 0.15) is 18.2 Å². The minimum Gasteiger partial charge on any atom is -0.460 e. The molecule has 3 rings (SSSR count). The highest BCUT2D eigenvalue weighted by Gasteiger charge is 2.14. The van der Waals surface area contributed by atoms with Crippen molar-refractivity contribution in [2.24, 2.45) is 0 Å². The van der Waals surface area contributed by atoms with E-state index < -0.39 is 0 Å². The van der Waals surface area contributed by atoms with Gasteiger partial charge in [-0.2, -0.15) is 0 Å². The number of fused-ring (bicyclic) bond motifs is 1. The zero-order valence-electron chi connectivity index (χ0n) is 13.1. The molecule has 114 valence electrons. The lowest BCUT2D eigenvalue weighted by Gasteiger charge is -2.08. The molecular weight excluding hydrogens is 276 g/mol. The molecular formula is C19H20O3. The second-order valence-corrected chi connectivity index (χ2v) is 4.99. The van der Waals surface area contributed by atoms with Crippen molar-refractivity contribution in [1.29, 1.82) is 0 Å². The first kappa shape index (κ1) is 16.0. The lowest BCUT2D eigenvalue weighted by atomic mass is 10.0. The van der Waals surface area contributed by atoms with E-state index in [2.05, 4.69) is 0 Å². The summed E-state index contributed by atoms with van der Waals surface area (Å²) in [5.74, 6) is 0.661. The van der Waals surface area contributed by atoms with Crippen LogP contribution in [-0.2, 0) is 0 Å². The van der Waals surface area contributed by atoms with Crippen LogP contribution in [0, 0.1) is 13.8 Å². The van der Waals surface area contributed by atoms with Gasteiger partial charge in [-0.15, -0.1) is 0 Å². The number of rotatable bonds is 1. The lowest BCUT2D eigenvalue weighted by Crippen LogP contribution is -2.08. The van der Waals surface area contributed by atoms with Crippen LogP contribution in [0.2, 0.25) is 0 Å². The molecule has 0 saturated carbocycles. The Morgan fingerprint density at radius 3 is 2.27 bits per heavy atom. The second-order valence-electron chi connectivity index (χ2n) is 4.99. The SMILES string of the molecule is CCO.Cc1oc2cccc(C)c2c(=O)c1-c1ccccc1. The fourth-order valence-electron chi connectivity index (χ4n) is 2.46. The molecule has 0 saturated heterocycles. The van der Waals surface area contributed by atoms with Gasteiger partial charge in [0, 0.05) is 6.61 Å². The molecule has 3 nitrogen and oxygen atoms in total. The summed E-state index contributed by atoms with van der Waals surface area (Å²) in [6.07, 6.45) is 0. The van der Waals surface area contributed by atoms with Crippen molar-refractivity contribution < 1.29 is 9.52 Å². The molecule has 0 atom stereocenters. The van der Waals surface area contributed by atoms with Crippen LogP contribution in [-0.4, -0.2) is 11.7 Å². The Hall–Kier alpha value is -2.39. The maximum absolute atomic E-state index is 12.7. The molecule has 0 radical (unpaired) electrons. The molecule has 1 N–H and O–H groups in total. The molecule has 0 unspecified atom stereocenters. The van der Waals surface area contributed by atoms with E-state index in [0.717, 1.165) is 11.1 Å². The van der Waals surface area contributed by atoms with Gasteiger partial charge in [0.1, 0.15) is 11.3 Å². The van der Waals surface area contributed by atoms with Crippen molar-refractivity contribution in [1.82, 2.24) is 0 Å². The summed E-state index contributed by atoms with van der Waals surface area (Å²) in [5.41, 5.74) is 3.20.